The number of hydrogen-bond acceptors (Lipinski definition) is 4. The van der Waals surface area contributed by atoms with E-state index >= 15 is 0 Å². The molecule has 4 heteroatoms. The van der Waals surface area contributed by atoms with Crippen molar-refractivity contribution in [1.29, 1.82) is 0 Å². The first kappa shape index (κ1) is 16.8. The lowest BCUT2D eigenvalue weighted by atomic mass is 9.80. The SMILES string of the molecule is CCNCc1sc(N2CCC(C(C)(C)C)C2)nc1C(C)C. The first-order valence-corrected chi connectivity index (χ1v) is 9.09. The summed E-state index contributed by atoms with van der Waals surface area (Å²) in [7, 11) is 0. The van der Waals surface area contributed by atoms with Crippen LogP contribution in [0.1, 0.15) is 64.5 Å². The second-order valence-electron chi connectivity index (χ2n) is 7.54. The molecule has 0 spiro atoms. The largest absolute Gasteiger partial charge is 0.348 e. The summed E-state index contributed by atoms with van der Waals surface area (Å²) in [4.78, 5) is 8.89. The molecule has 1 unspecified atom stereocenters. The number of rotatable bonds is 5. The van der Waals surface area contributed by atoms with Gasteiger partial charge in [0.15, 0.2) is 5.13 Å². The molecular weight excluding hydrogens is 278 g/mol. The Labute approximate surface area is 134 Å². The van der Waals surface area contributed by atoms with Crippen LogP contribution in [0.5, 0.6) is 0 Å². The number of hydrogen-bond donors (Lipinski definition) is 1. The zero-order valence-corrected chi connectivity index (χ0v) is 15.3. The van der Waals surface area contributed by atoms with Crippen molar-refractivity contribution < 1.29 is 0 Å². The fourth-order valence-corrected chi connectivity index (χ4v) is 4.16. The second-order valence-corrected chi connectivity index (χ2v) is 8.60. The van der Waals surface area contributed by atoms with Gasteiger partial charge in [-0.3, -0.25) is 0 Å². The maximum Gasteiger partial charge on any atom is 0.185 e. The standard InChI is InChI=1S/C17H31N3S/c1-7-18-10-14-15(12(2)3)19-16(21-14)20-9-8-13(11-20)17(4,5)6/h12-13,18H,7-11H2,1-6H3. The molecule has 1 saturated heterocycles. The Balaban J connectivity index is 2.14. The molecule has 1 aliphatic rings. The van der Waals surface area contributed by atoms with Gasteiger partial charge in [-0.1, -0.05) is 41.5 Å². The Morgan fingerprint density at radius 2 is 2.10 bits per heavy atom. The van der Waals surface area contributed by atoms with E-state index in [-0.39, 0.29) is 0 Å². The molecule has 0 amide bonds. The molecule has 1 aliphatic heterocycles. The lowest BCUT2D eigenvalue weighted by Crippen LogP contribution is -2.25. The van der Waals surface area contributed by atoms with Crippen LogP contribution in [0.25, 0.3) is 0 Å². The van der Waals surface area contributed by atoms with Gasteiger partial charge in [-0.15, -0.1) is 11.3 Å². The first-order chi connectivity index (χ1) is 9.82. The van der Waals surface area contributed by atoms with Gasteiger partial charge < -0.3 is 10.2 Å². The van der Waals surface area contributed by atoms with Crippen molar-refractivity contribution in [2.24, 2.45) is 11.3 Å². The average Bonchev–Trinajstić information content (AvgIpc) is 3.01. The van der Waals surface area contributed by atoms with Crippen molar-refractivity contribution in [3.63, 3.8) is 0 Å². The summed E-state index contributed by atoms with van der Waals surface area (Å²) in [5.74, 6) is 1.28. The minimum Gasteiger partial charge on any atom is -0.348 e. The minimum absolute atomic E-state index is 0.402. The topological polar surface area (TPSA) is 28.2 Å². The van der Waals surface area contributed by atoms with Crippen molar-refractivity contribution in [3.8, 4) is 0 Å². The Hall–Kier alpha value is -0.610. The summed E-state index contributed by atoms with van der Waals surface area (Å²) >= 11 is 1.89. The van der Waals surface area contributed by atoms with Gasteiger partial charge in [0.25, 0.3) is 0 Å². The van der Waals surface area contributed by atoms with Crippen LogP contribution < -0.4 is 10.2 Å². The van der Waals surface area contributed by atoms with E-state index in [2.05, 4.69) is 51.8 Å². The molecule has 0 aromatic carbocycles. The molecule has 0 bridgehead atoms. The molecule has 3 nitrogen and oxygen atoms in total. The molecule has 21 heavy (non-hydrogen) atoms. The molecule has 1 aromatic rings. The second kappa shape index (κ2) is 6.66. The third-order valence-corrected chi connectivity index (χ3v) is 5.61. The van der Waals surface area contributed by atoms with Crippen LogP contribution in [-0.4, -0.2) is 24.6 Å². The molecule has 2 rings (SSSR count). The molecule has 1 atom stereocenters. The van der Waals surface area contributed by atoms with Crippen molar-refractivity contribution in [1.82, 2.24) is 10.3 Å². The highest BCUT2D eigenvalue weighted by Gasteiger charge is 2.33. The van der Waals surface area contributed by atoms with Gasteiger partial charge in [-0.25, -0.2) is 4.98 Å². The monoisotopic (exact) mass is 309 g/mol. The zero-order chi connectivity index (χ0) is 15.6. The smallest absolute Gasteiger partial charge is 0.185 e. The number of thiazole rings is 1. The fraction of sp³-hybridized carbons (Fsp3) is 0.824. The van der Waals surface area contributed by atoms with E-state index in [1.807, 2.05) is 11.3 Å². The summed E-state index contributed by atoms with van der Waals surface area (Å²) in [5.41, 5.74) is 1.69. The Morgan fingerprint density at radius 1 is 1.38 bits per heavy atom. The Kier molecular flexibility index (Phi) is 5.31. The zero-order valence-electron chi connectivity index (χ0n) is 14.5. The van der Waals surface area contributed by atoms with E-state index in [9.17, 15) is 0 Å². The molecule has 0 radical (unpaired) electrons. The normalized spacial score (nSPS) is 19.8. The van der Waals surface area contributed by atoms with Crippen molar-refractivity contribution in [2.45, 2.75) is 60.4 Å². The van der Waals surface area contributed by atoms with Crippen molar-refractivity contribution in [3.05, 3.63) is 10.6 Å². The lowest BCUT2D eigenvalue weighted by Gasteiger charge is -2.26. The van der Waals surface area contributed by atoms with Crippen LogP contribution >= 0.6 is 11.3 Å². The molecule has 120 valence electrons. The third kappa shape index (κ3) is 3.98. The summed E-state index contributed by atoms with van der Waals surface area (Å²) in [5, 5.41) is 4.68. The van der Waals surface area contributed by atoms with Gasteiger partial charge in [0.05, 0.1) is 5.69 Å². The van der Waals surface area contributed by atoms with Crippen molar-refractivity contribution >= 4 is 16.5 Å². The maximum absolute atomic E-state index is 4.97. The Morgan fingerprint density at radius 3 is 2.62 bits per heavy atom. The molecular formula is C17H31N3S. The average molecular weight is 310 g/mol. The van der Waals surface area contributed by atoms with E-state index in [1.165, 1.54) is 22.1 Å². The van der Waals surface area contributed by atoms with E-state index in [1.54, 1.807) is 0 Å². The number of nitrogens with one attached hydrogen (secondary N) is 1. The highest BCUT2D eigenvalue weighted by molar-refractivity contribution is 7.15. The fourth-order valence-electron chi connectivity index (χ4n) is 2.94. The minimum atomic E-state index is 0.402. The maximum atomic E-state index is 4.97. The van der Waals surface area contributed by atoms with Crippen LogP contribution in [0.3, 0.4) is 0 Å². The van der Waals surface area contributed by atoms with Gasteiger partial charge in [0.1, 0.15) is 0 Å². The highest BCUT2D eigenvalue weighted by atomic mass is 32.1. The molecule has 2 heterocycles. The van der Waals surface area contributed by atoms with Crippen LogP contribution in [0.15, 0.2) is 0 Å². The van der Waals surface area contributed by atoms with Gasteiger partial charge in [-0.2, -0.15) is 0 Å². The van der Waals surface area contributed by atoms with E-state index in [4.69, 9.17) is 4.98 Å². The first-order valence-electron chi connectivity index (χ1n) is 8.28. The molecule has 0 aliphatic carbocycles. The predicted octanol–water partition coefficient (Wildman–Crippen LogP) is 4.25. The molecule has 0 saturated carbocycles. The summed E-state index contributed by atoms with van der Waals surface area (Å²) in [6.45, 7) is 18.0. The van der Waals surface area contributed by atoms with Crippen LogP contribution in [0.4, 0.5) is 5.13 Å². The number of nitrogens with zero attached hydrogens (tertiary/aromatic N) is 2. The van der Waals surface area contributed by atoms with Gasteiger partial charge in [0.2, 0.25) is 0 Å². The van der Waals surface area contributed by atoms with Crippen LogP contribution in [0, 0.1) is 11.3 Å². The molecule has 1 N–H and O–H groups in total. The molecule has 1 fully saturated rings. The summed E-state index contributed by atoms with van der Waals surface area (Å²) < 4.78 is 0. The van der Waals surface area contributed by atoms with E-state index in [0.717, 1.165) is 32.1 Å². The predicted molar refractivity (Wildman–Crippen MR) is 93.4 cm³/mol. The highest BCUT2D eigenvalue weighted by Crippen LogP contribution is 2.38. The number of anilines is 1. The Bertz CT molecular complexity index is 459. The van der Waals surface area contributed by atoms with Crippen LogP contribution in [0.2, 0.25) is 0 Å². The lowest BCUT2D eigenvalue weighted by molar-refractivity contribution is 0.263. The van der Waals surface area contributed by atoms with Crippen LogP contribution in [-0.2, 0) is 6.54 Å². The van der Waals surface area contributed by atoms with E-state index < -0.39 is 0 Å². The van der Waals surface area contributed by atoms with E-state index in [0.29, 0.717) is 11.3 Å². The van der Waals surface area contributed by atoms with Crippen molar-refractivity contribution in [2.75, 3.05) is 24.5 Å². The van der Waals surface area contributed by atoms with Gasteiger partial charge >= 0.3 is 0 Å². The quantitative estimate of drug-likeness (QED) is 0.881. The summed E-state index contributed by atoms with van der Waals surface area (Å²) in [6, 6.07) is 0. The summed E-state index contributed by atoms with van der Waals surface area (Å²) in [6.07, 6.45) is 1.29. The number of aromatic nitrogens is 1. The molecule has 1 aromatic heterocycles. The van der Waals surface area contributed by atoms with Gasteiger partial charge in [-0.05, 0) is 30.2 Å². The third-order valence-electron chi connectivity index (χ3n) is 4.48. The van der Waals surface area contributed by atoms with Gasteiger partial charge in [0, 0.05) is 24.5 Å².